The lowest BCUT2D eigenvalue weighted by molar-refractivity contribution is -0.138. The van der Waals surface area contributed by atoms with Crippen LogP contribution in [0.15, 0.2) is 35.5 Å². The molecule has 0 spiro atoms. The zero-order valence-corrected chi connectivity index (χ0v) is 16.1. The summed E-state index contributed by atoms with van der Waals surface area (Å²) in [6, 6.07) is 7.36. The summed E-state index contributed by atoms with van der Waals surface area (Å²) in [5, 5.41) is 3.87. The number of fused-ring (bicyclic) bond motifs is 1. The van der Waals surface area contributed by atoms with E-state index in [0.29, 0.717) is 27.6 Å². The van der Waals surface area contributed by atoms with Gasteiger partial charge in [0.25, 0.3) is 5.91 Å². The predicted octanol–water partition coefficient (Wildman–Crippen LogP) is 2.83. The number of benzene rings is 1. The fourth-order valence-corrected chi connectivity index (χ4v) is 4.29. The molecule has 0 bridgehead atoms. The van der Waals surface area contributed by atoms with Crippen molar-refractivity contribution < 1.29 is 19.1 Å². The summed E-state index contributed by atoms with van der Waals surface area (Å²) in [7, 11) is 1.59. The van der Waals surface area contributed by atoms with E-state index in [0.717, 1.165) is 5.56 Å². The van der Waals surface area contributed by atoms with Crippen LogP contribution in [-0.4, -0.2) is 25.6 Å². The number of amides is 1. The summed E-state index contributed by atoms with van der Waals surface area (Å²) in [6.45, 7) is 3.80. The van der Waals surface area contributed by atoms with Gasteiger partial charge in [0.2, 0.25) is 0 Å². The summed E-state index contributed by atoms with van der Waals surface area (Å²) in [5.41, 5.74) is 14.6. The zero-order chi connectivity index (χ0) is 19.7. The Hall–Kier alpha value is -3.00. The number of primary amides is 1. The molecule has 0 saturated carbocycles. The maximum atomic E-state index is 12.7. The molecule has 27 heavy (non-hydrogen) atoms. The van der Waals surface area contributed by atoms with E-state index in [1.54, 1.807) is 21.0 Å². The van der Waals surface area contributed by atoms with Crippen molar-refractivity contribution in [2.24, 2.45) is 5.73 Å². The fraction of sp³-hybridized carbons (Fsp3) is 0.263. The van der Waals surface area contributed by atoms with E-state index in [-0.39, 0.29) is 17.2 Å². The molecule has 2 aromatic rings. The predicted molar refractivity (Wildman–Crippen MR) is 105 cm³/mol. The van der Waals surface area contributed by atoms with Crippen LogP contribution in [0.1, 0.15) is 40.6 Å². The molecule has 7 nitrogen and oxygen atoms in total. The number of hydrogen-bond acceptors (Lipinski definition) is 7. The lowest BCUT2D eigenvalue weighted by Gasteiger charge is -2.28. The van der Waals surface area contributed by atoms with Crippen LogP contribution >= 0.6 is 11.3 Å². The lowest BCUT2D eigenvalue weighted by atomic mass is 9.82. The van der Waals surface area contributed by atoms with Crippen LogP contribution < -0.4 is 21.5 Å². The number of carbonyl (C=O) groups excluding carboxylic acids is 2. The van der Waals surface area contributed by atoms with E-state index in [2.05, 4.69) is 5.32 Å². The summed E-state index contributed by atoms with van der Waals surface area (Å²) in [5.74, 6) is -0.810. The highest BCUT2D eigenvalue weighted by Crippen LogP contribution is 2.50. The minimum atomic E-state index is -0.600. The Balaban J connectivity index is 2.22. The van der Waals surface area contributed by atoms with Crippen LogP contribution in [0.2, 0.25) is 0 Å². The molecule has 2 heterocycles. The van der Waals surface area contributed by atoms with Crippen molar-refractivity contribution in [1.29, 1.82) is 0 Å². The number of nitrogens with one attached hydrogen (secondary N) is 1. The Morgan fingerprint density at radius 3 is 2.48 bits per heavy atom. The van der Waals surface area contributed by atoms with Gasteiger partial charge in [-0.3, -0.25) is 4.79 Å². The monoisotopic (exact) mass is 387 g/mol. The van der Waals surface area contributed by atoms with Crippen molar-refractivity contribution in [3.8, 4) is 5.75 Å². The van der Waals surface area contributed by atoms with Crippen LogP contribution in [0.25, 0.3) is 0 Å². The summed E-state index contributed by atoms with van der Waals surface area (Å²) in [4.78, 5) is 24.7. The molecule has 1 aromatic carbocycles. The van der Waals surface area contributed by atoms with Crippen LogP contribution in [0.5, 0.6) is 5.75 Å². The molecular formula is C19H21N3O4S. The molecule has 142 valence electrons. The molecular weight excluding hydrogens is 366 g/mol. The van der Waals surface area contributed by atoms with Crippen molar-refractivity contribution in [2.75, 3.05) is 24.8 Å². The van der Waals surface area contributed by atoms with Gasteiger partial charge in [-0.05, 0) is 31.5 Å². The maximum absolute atomic E-state index is 12.7. The molecule has 0 aliphatic carbocycles. The van der Waals surface area contributed by atoms with Gasteiger partial charge < -0.3 is 26.3 Å². The molecule has 3 rings (SSSR count). The normalized spacial score (nSPS) is 15.7. The van der Waals surface area contributed by atoms with Crippen LogP contribution in [-0.2, 0) is 9.53 Å². The number of nitrogens with two attached hydrogens (primary N) is 2. The molecule has 1 amide bonds. The Kier molecular flexibility index (Phi) is 5.09. The number of hydrogen-bond donors (Lipinski definition) is 3. The van der Waals surface area contributed by atoms with Gasteiger partial charge in [-0.15, -0.1) is 11.3 Å². The maximum Gasteiger partial charge on any atom is 0.336 e. The van der Waals surface area contributed by atoms with Crippen LogP contribution in [0, 0.1) is 0 Å². The molecule has 1 aliphatic rings. The van der Waals surface area contributed by atoms with Gasteiger partial charge in [0.1, 0.15) is 10.6 Å². The van der Waals surface area contributed by atoms with Crippen molar-refractivity contribution in [3.63, 3.8) is 0 Å². The SMILES string of the molecule is CCOC(=O)C1=C(C)Nc2sc(C(N)=O)c(N)c2C1c1ccc(OC)cc1. The third kappa shape index (κ3) is 3.23. The summed E-state index contributed by atoms with van der Waals surface area (Å²) < 4.78 is 10.5. The first-order valence-electron chi connectivity index (χ1n) is 8.39. The molecule has 5 N–H and O–H groups in total. The first kappa shape index (κ1) is 18.8. The molecule has 0 fully saturated rings. The van der Waals surface area contributed by atoms with E-state index in [1.807, 2.05) is 24.3 Å². The Morgan fingerprint density at radius 1 is 1.26 bits per heavy atom. The largest absolute Gasteiger partial charge is 0.497 e. The van der Waals surface area contributed by atoms with Gasteiger partial charge in [-0.1, -0.05) is 12.1 Å². The van der Waals surface area contributed by atoms with Gasteiger partial charge in [-0.2, -0.15) is 0 Å². The summed E-state index contributed by atoms with van der Waals surface area (Å²) in [6.07, 6.45) is 0. The molecule has 0 saturated heterocycles. The highest BCUT2D eigenvalue weighted by molar-refractivity contribution is 7.18. The van der Waals surface area contributed by atoms with Gasteiger partial charge in [0, 0.05) is 17.2 Å². The van der Waals surface area contributed by atoms with Crippen LogP contribution in [0.3, 0.4) is 0 Å². The number of ether oxygens (including phenoxy) is 2. The number of anilines is 2. The first-order chi connectivity index (χ1) is 12.9. The average Bonchev–Trinajstić information content (AvgIpc) is 2.97. The van der Waals surface area contributed by atoms with Crippen molar-refractivity contribution >= 4 is 33.9 Å². The fourth-order valence-electron chi connectivity index (χ4n) is 3.23. The van der Waals surface area contributed by atoms with Crippen molar-refractivity contribution in [3.05, 3.63) is 51.5 Å². The van der Waals surface area contributed by atoms with E-state index in [4.69, 9.17) is 20.9 Å². The van der Waals surface area contributed by atoms with E-state index in [9.17, 15) is 9.59 Å². The minimum Gasteiger partial charge on any atom is -0.497 e. The van der Waals surface area contributed by atoms with E-state index < -0.39 is 17.8 Å². The number of thiophene rings is 1. The zero-order valence-electron chi connectivity index (χ0n) is 15.3. The van der Waals surface area contributed by atoms with Crippen molar-refractivity contribution in [1.82, 2.24) is 0 Å². The van der Waals surface area contributed by atoms with Crippen LogP contribution in [0.4, 0.5) is 10.7 Å². The minimum absolute atomic E-state index is 0.253. The highest BCUT2D eigenvalue weighted by Gasteiger charge is 2.37. The second kappa shape index (κ2) is 7.32. The number of allylic oxidation sites excluding steroid dienone is 1. The Labute approximate surface area is 160 Å². The Morgan fingerprint density at radius 2 is 1.93 bits per heavy atom. The Bertz CT molecular complexity index is 931. The molecule has 1 aromatic heterocycles. The molecule has 1 aliphatic heterocycles. The number of carbonyl (C=O) groups is 2. The number of methoxy groups -OCH3 is 1. The quantitative estimate of drug-likeness (QED) is 0.679. The molecule has 1 atom stereocenters. The van der Waals surface area contributed by atoms with Gasteiger partial charge >= 0.3 is 5.97 Å². The first-order valence-corrected chi connectivity index (χ1v) is 9.21. The highest BCUT2D eigenvalue weighted by atomic mass is 32.1. The summed E-state index contributed by atoms with van der Waals surface area (Å²) >= 11 is 1.19. The topological polar surface area (TPSA) is 117 Å². The van der Waals surface area contributed by atoms with Gasteiger partial charge in [0.05, 0.1) is 30.0 Å². The number of esters is 1. The number of rotatable bonds is 5. The molecule has 0 radical (unpaired) electrons. The van der Waals surface area contributed by atoms with Gasteiger partial charge in [-0.25, -0.2) is 4.79 Å². The third-order valence-electron chi connectivity index (χ3n) is 4.43. The second-order valence-electron chi connectivity index (χ2n) is 6.04. The molecule has 1 unspecified atom stereocenters. The molecule has 8 heteroatoms. The standard InChI is InChI=1S/C19H21N3O4S/c1-4-26-19(24)12-9(2)22-18-14(15(20)16(27-18)17(21)23)13(12)10-5-7-11(25-3)8-6-10/h5-8,13,22H,4,20H2,1-3H3,(H2,21,23). The van der Waals surface area contributed by atoms with E-state index in [1.165, 1.54) is 11.3 Å². The smallest absolute Gasteiger partial charge is 0.336 e. The van der Waals surface area contributed by atoms with Crippen molar-refractivity contribution in [2.45, 2.75) is 19.8 Å². The third-order valence-corrected chi connectivity index (χ3v) is 5.59. The lowest BCUT2D eigenvalue weighted by Crippen LogP contribution is -2.24. The number of nitrogen functional groups attached to an aromatic ring is 1. The van der Waals surface area contributed by atoms with E-state index >= 15 is 0 Å². The second-order valence-corrected chi connectivity index (χ2v) is 7.06. The average molecular weight is 387 g/mol. The van der Waals surface area contributed by atoms with Gasteiger partial charge in [0.15, 0.2) is 0 Å².